The van der Waals surface area contributed by atoms with Gasteiger partial charge in [-0.1, -0.05) is 48.9 Å². The number of ether oxygens (including phenoxy) is 1. The number of benzene rings is 1. The van der Waals surface area contributed by atoms with Gasteiger partial charge in [0.05, 0.1) is 13.3 Å². The minimum atomic E-state index is 0.305. The quantitative estimate of drug-likeness (QED) is 0.910. The Labute approximate surface area is 117 Å². The Morgan fingerprint density at radius 3 is 2.74 bits per heavy atom. The monoisotopic (exact) mass is 277 g/mol. The van der Waals surface area contributed by atoms with Crippen molar-refractivity contribution in [2.24, 2.45) is 0 Å². The van der Waals surface area contributed by atoms with Gasteiger partial charge < -0.3 is 10.1 Å². The van der Waals surface area contributed by atoms with Gasteiger partial charge in [-0.3, -0.25) is 0 Å². The van der Waals surface area contributed by atoms with Crippen molar-refractivity contribution in [1.82, 2.24) is 9.97 Å². The molecule has 0 saturated heterocycles. The molecule has 1 heterocycles. The van der Waals surface area contributed by atoms with E-state index in [1.54, 1.807) is 0 Å². The zero-order valence-electron chi connectivity index (χ0n) is 10.9. The fourth-order valence-electron chi connectivity index (χ4n) is 1.72. The molecule has 1 atom stereocenters. The molecule has 1 N–H and O–H groups in total. The fourth-order valence-corrected chi connectivity index (χ4v) is 1.88. The molecule has 0 bridgehead atoms. The second kappa shape index (κ2) is 6.38. The van der Waals surface area contributed by atoms with Crippen molar-refractivity contribution < 1.29 is 4.74 Å². The molecule has 1 aromatic heterocycles. The third kappa shape index (κ3) is 3.58. The highest BCUT2D eigenvalue weighted by Gasteiger charge is 2.08. The summed E-state index contributed by atoms with van der Waals surface area (Å²) in [6.07, 6.45) is 1.53. The number of nitrogens with zero attached hydrogens (tertiary/aromatic N) is 2. The van der Waals surface area contributed by atoms with Gasteiger partial charge in [0.25, 0.3) is 0 Å². The van der Waals surface area contributed by atoms with E-state index in [1.807, 2.05) is 18.2 Å². The Morgan fingerprint density at radius 2 is 2.05 bits per heavy atom. The number of halogens is 1. The summed E-state index contributed by atoms with van der Waals surface area (Å²) in [6.45, 7) is 2.89. The summed E-state index contributed by atoms with van der Waals surface area (Å²) in [4.78, 5) is 8.12. The van der Waals surface area contributed by atoms with Crippen molar-refractivity contribution >= 4 is 17.4 Å². The molecule has 2 rings (SSSR count). The van der Waals surface area contributed by atoms with Crippen molar-refractivity contribution in [2.45, 2.75) is 12.8 Å². The minimum absolute atomic E-state index is 0.305. The molecule has 2 aromatic rings. The Bertz CT molecular complexity index is 533. The smallest absolute Gasteiger partial charge is 0.318 e. The molecular weight excluding hydrogens is 262 g/mol. The summed E-state index contributed by atoms with van der Waals surface area (Å²) in [5.41, 5.74) is 1.27. The first kappa shape index (κ1) is 13.6. The van der Waals surface area contributed by atoms with Crippen LogP contribution in [0.15, 0.2) is 36.5 Å². The van der Waals surface area contributed by atoms with Crippen LogP contribution in [-0.2, 0) is 0 Å². The van der Waals surface area contributed by atoms with E-state index in [-0.39, 0.29) is 0 Å². The second-order valence-corrected chi connectivity index (χ2v) is 4.65. The molecule has 5 heteroatoms. The lowest BCUT2D eigenvalue weighted by Crippen LogP contribution is -2.11. The van der Waals surface area contributed by atoms with E-state index < -0.39 is 0 Å². The van der Waals surface area contributed by atoms with Crippen LogP contribution in [0.1, 0.15) is 18.4 Å². The fraction of sp³-hybridized carbons (Fsp3) is 0.286. The van der Waals surface area contributed by atoms with Gasteiger partial charge in [0.2, 0.25) is 0 Å². The highest BCUT2D eigenvalue weighted by Crippen LogP contribution is 2.22. The largest absolute Gasteiger partial charge is 0.467 e. The van der Waals surface area contributed by atoms with Gasteiger partial charge in [0, 0.05) is 6.54 Å². The van der Waals surface area contributed by atoms with Gasteiger partial charge in [-0.15, -0.1) is 0 Å². The molecule has 0 radical (unpaired) electrons. The van der Waals surface area contributed by atoms with E-state index in [4.69, 9.17) is 16.3 Å². The average Bonchev–Trinajstić information content (AvgIpc) is 2.47. The Morgan fingerprint density at radius 1 is 1.32 bits per heavy atom. The molecule has 0 spiro atoms. The van der Waals surface area contributed by atoms with E-state index in [0.717, 1.165) is 6.54 Å². The molecule has 0 aliphatic heterocycles. The highest BCUT2D eigenvalue weighted by molar-refractivity contribution is 6.32. The number of anilines is 1. The molecule has 4 nitrogen and oxygen atoms in total. The lowest BCUT2D eigenvalue weighted by molar-refractivity contribution is 0.380. The summed E-state index contributed by atoms with van der Waals surface area (Å²) >= 11 is 6.04. The zero-order chi connectivity index (χ0) is 13.7. The van der Waals surface area contributed by atoms with Crippen LogP contribution in [0.5, 0.6) is 6.01 Å². The van der Waals surface area contributed by atoms with Gasteiger partial charge in [0.1, 0.15) is 5.02 Å². The molecule has 1 unspecified atom stereocenters. The maximum absolute atomic E-state index is 6.04. The number of hydrogen-bond donors (Lipinski definition) is 1. The van der Waals surface area contributed by atoms with Crippen LogP contribution in [0, 0.1) is 0 Å². The highest BCUT2D eigenvalue weighted by atomic mass is 35.5. The first-order valence-electron chi connectivity index (χ1n) is 6.06. The van der Waals surface area contributed by atoms with Crippen LogP contribution >= 0.6 is 11.6 Å². The minimum Gasteiger partial charge on any atom is -0.467 e. The van der Waals surface area contributed by atoms with Crippen LogP contribution in [0.2, 0.25) is 5.02 Å². The summed E-state index contributed by atoms with van der Waals surface area (Å²) < 4.78 is 4.98. The van der Waals surface area contributed by atoms with Gasteiger partial charge >= 0.3 is 6.01 Å². The third-order valence-corrected chi connectivity index (χ3v) is 3.13. The molecule has 0 amide bonds. The predicted molar refractivity (Wildman–Crippen MR) is 76.9 cm³/mol. The van der Waals surface area contributed by atoms with Crippen LogP contribution < -0.4 is 10.1 Å². The summed E-state index contributed by atoms with van der Waals surface area (Å²) in [6, 6.07) is 10.6. The SMILES string of the molecule is COc1ncc(Cl)c(NCC(C)c2ccccc2)n1. The molecule has 0 aliphatic carbocycles. The normalized spacial score (nSPS) is 11.9. The van der Waals surface area contributed by atoms with Crippen LogP contribution in [-0.4, -0.2) is 23.6 Å². The van der Waals surface area contributed by atoms with Crippen LogP contribution in [0.25, 0.3) is 0 Å². The number of nitrogens with one attached hydrogen (secondary N) is 1. The van der Waals surface area contributed by atoms with Gasteiger partial charge in [-0.05, 0) is 11.5 Å². The molecule has 0 aliphatic rings. The number of hydrogen-bond acceptors (Lipinski definition) is 4. The lowest BCUT2D eigenvalue weighted by atomic mass is 10.0. The molecule has 0 fully saturated rings. The first-order valence-corrected chi connectivity index (χ1v) is 6.44. The van der Waals surface area contributed by atoms with Gasteiger partial charge in [0.15, 0.2) is 5.82 Å². The van der Waals surface area contributed by atoms with Crippen molar-refractivity contribution in [3.8, 4) is 6.01 Å². The van der Waals surface area contributed by atoms with E-state index >= 15 is 0 Å². The van der Waals surface area contributed by atoms with Crippen molar-refractivity contribution in [1.29, 1.82) is 0 Å². The second-order valence-electron chi connectivity index (χ2n) is 4.25. The van der Waals surface area contributed by atoms with Crippen molar-refractivity contribution in [3.05, 3.63) is 47.1 Å². The summed E-state index contributed by atoms with van der Waals surface area (Å²) in [7, 11) is 1.53. The Balaban J connectivity index is 2.02. The number of aromatic nitrogens is 2. The molecule has 0 saturated carbocycles. The summed E-state index contributed by atoms with van der Waals surface area (Å²) in [5.74, 6) is 0.953. The van der Waals surface area contributed by atoms with E-state index in [2.05, 4.69) is 34.3 Å². The number of rotatable bonds is 5. The van der Waals surface area contributed by atoms with E-state index in [1.165, 1.54) is 18.9 Å². The molecule has 1 aromatic carbocycles. The third-order valence-electron chi connectivity index (χ3n) is 2.85. The van der Waals surface area contributed by atoms with Crippen LogP contribution in [0.4, 0.5) is 5.82 Å². The topological polar surface area (TPSA) is 47.0 Å². The summed E-state index contributed by atoms with van der Waals surface area (Å²) in [5, 5.41) is 3.71. The maximum Gasteiger partial charge on any atom is 0.318 e. The first-order chi connectivity index (χ1) is 9.20. The Kier molecular flexibility index (Phi) is 4.58. The molecule has 100 valence electrons. The van der Waals surface area contributed by atoms with Crippen molar-refractivity contribution in [3.63, 3.8) is 0 Å². The Hall–Kier alpha value is -1.81. The molecular formula is C14H16ClN3O. The maximum atomic E-state index is 6.04. The van der Waals surface area contributed by atoms with E-state index in [9.17, 15) is 0 Å². The number of methoxy groups -OCH3 is 1. The predicted octanol–water partition coefficient (Wildman–Crippen LogP) is 3.35. The average molecular weight is 278 g/mol. The lowest BCUT2D eigenvalue weighted by Gasteiger charge is -2.14. The van der Waals surface area contributed by atoms with Crippen LogP contribution in [0.3, 0.4) is 0 Å². The zero-order valence-corrected chi connectivity index (χ0v) is 11.7. The van der Waals surface area contributed by atoms with Gasteiger partial charge in [-0.25, -0.2) is 4.98 Å². The molecule has 19 heavy (non-hydrogen) atoms. The van der Waals surface area contributed by atoms with Crippen molar-refractivity contribution in [2.75, 3.05) is 19.0 Å². The van der Waals surface area contributed by atoms with Gasteiger partial charge in [-0.2, -0.15) is 4.98 Å². The standard InChI is InChI=1S/C14H16ClN3O/c1-10(11-6-4-3-5-7-11)8-16-13-12(15)9-17-14(18-13)19-2/h3-7,9-10H,8H2,1-2H3,(H,16,17,18). The van der Waals surface area contributed by atoms with E-state index in [0.29, 0.717) is 22.8 Å².